The molecule has 3 rings (SSSR count). The predicted octanol–water partition coefficient (Wildman–Crippen LogP) is 1.68. The van der Waals surface area contributed by atoms with Gasteiger partial charge in [-0.1, -0.05) is 12.1 Å². The number of benzene rings is 1. The van der Waals surface area contributed by atoms with Crippen LogP contribution in [0.4, 0.5) is 0 Å². The van der Waals surface area contributed by atoms with Crippen LogP contribution < -0.4 is 0 Å². The van der Waals surface area contributed by atoms with E-state index in [0.717, 1.165) is 16.5 Å². The smallest absolute Gasteiger partial charge is 0.111 e. The van der Waals surface area contributed by atoms with Gasteiger partial charge in [-0.25, -0.2) is 0 Å². The lowest BCUT2D eigenvalue weighted by Gasteiger charge is -2.27. The molecule has 2 atom stereocenters. The Labute approximate surface area is 105 Å². The maximum atomic E-state index is 10.3. The Morgan fingerprint density at radius 2 is 2.22 bits per heavy atom. The fraction of sp³-hybridized carbons (Fsp3) is 0.357. The molecule has 0 aliphatic carbocycles. The largest absolute Gasteiger partial charge is 0.386 e. The molecule has 1 aromatic carbocycles. The van der Waals surface area contributed by atoms with Crippen molar-refractivity contribution < 1.29 is 14.6 Å². The summed E-state index contributed by atoms with van der Waals surface area (Å²) in [5, 5.41) is 11.3. The number of hydrogen-bond donors (Lipinski definition) is 1. The Bertz CT molecular complexity index is 537. The molecule has 4 nitrogen and oxygen atoms in total. The summed E-state index contributed by atoms with van der Waals surface area (Å²) in [6.45, 7) is 1.58. The summed E-state index contributed by atoms with van der Waals surface area (Å²) in [7, 11) is 0. The minimum Gasteiger partial charge on any atom is -0.386 e. The zero-order valence-electron chi connectivity index (χ0n) is 9.95. The third-order valence-corrected chi connectivity index (χ3v) is 3.16. The number of pyridine rings is 1. The van der Waals surface area contributed by atoms with Crippen LogP contribution in [0.15, 0.2) is 36.5 Å². The number of hydrogen-bond acceptors (Lipinski definition) is 4. The van der Waals surface area contributed by atoms with E-state index in [9.17, 15) is 5.11 Å². The minimum atomic E-state index is -0.657. The highest BCUT2D eigenvalue weighted by molar-refractivity contribution is 5.79. The maximum Gasteiger partial charge on any atom is 0.111 e. The molecule has 4 heteroatoms. The summed E-state index contributed by atoms with van der Waals surface area (Å²) < 4.78 is 10.8. The van der Waals surface area contributed by atoms with E-state index in [1.54, 1.807) is 6.20 Å². The average Bonchev–Trinajstić information content (AvgIpc) is 2.47. The summed E-state index contributed by atoms with van der Waals surface area (Å²) in [6.07, 6.45) is 0.819. The van der Waals surface area contributed by atoms with Gasteiger partial charge in [0.1, 0.15) is 12.2 Å². The first-order valence-corrected chi connectivity index (χ1v) is 6.07. The molecule has 0 amide bonds. The highest BCUT2D eigenvalue weighted by Crippen LogP contribution is 2.24. The van der Waals surface area contributed by atoms with Gasteiger partial charge >= 0.3 is 0 Å². The van der Waals surface area contributed by atoms with Crippen LogP contribution in [-0.2, 0) is 9.47 Å². The molecule has 94 valence electrons. The van der Waals surface area contributed by atoms with Gasteiger partial charge in [0.2, 0.25) is 0 Å². The lowest BCUT2D eigenvalue weighted by molar-refractivity contribution is -0.133. The van der Waals surface area contributed by atoms with E-state index in [1.807, 2.05) is 30.3 Å². The summed E-state index contributed by atoms with van der Waals surface area (Å²) in [4.78, 5) is 4.26. The second-order valence-electron chi connectivity index (χ2n) is 4.38. The van der Waals surface area contributed by atoms with Crippen molar-refractivity contribution in [2.24, 2.45) is 0 Å². The lowest BCUT2D eigenvalue weighted by atomic mass is 10.0. The zero-order chi connectivity index (χ0) is 12.4. The number of ether oxygens (including phenoxy) is 2. The Morgan fingerprint density at radius 1 is 1.28 bits per heavy atom. The second-order valence-corrected chi connectivity index (χ2v) is 4.38. The van der Waals surface area contributed by atoms with Gasteiger partial charge < -0.3 is 14.6 Å². The summed E-state index contributed by atoms with van der Waals surface area (Å²) in [5.74, 6) is 0. The first-order valence-electron chi connectivity index (χ1n) is 6.07. The van der Waals surface area contributed by atoms with Crippen molar-refractivity contribution in [1.82, 2.24) is 4.98 Å². The van der Waals surface area contributed by atoms with Crippen LogP contribution in [0.1, 0.15) is 11.7 Å². The molecule has 1 aliphatic heterocycles. The van der Waals surface area contributed by atoms with Crippen LogP contribution in [0.25, 0.3) is 10.9 Å². The van der Waals surface area contributed by atoms with Gasteiger partial charge in [0, 0.05) is 11.6 Å². The molecule has 1 aromatic heterocycles. The van der Waals surface area contributed by atoms with Crippen molar-refractivity contribution in [3.63, 3.8) is 0 Å². The molecule has 1 N–H and O–H groups in total. The van der Waals surface area contributed by atoms with E-state index in [2.05, 4.69) is 4.98 Å². The van der Waals surface area contributed by atoms with Crippen molar-refractivity contribution >= 4 is 10.9 Å². The quantitative estimate of drug-likeness (QED) is 0.874. The topological polar surface area (TPSA) is 51.6 Å². The molecule has 2 unspecified atom stereocenters. The predicted molar refractivity (Wildman–Crippen MR) is 67.3 cm³/mol. The normalized spacial score (nSPS) is 21.9. The van der Waals surface area contributed by atoms with Gasteiger partial charge in [0.15, 0.2) is 0 Å². The van der Waals surface area contributed by atoms with Crippen molar-refractivity contribution in [2.75, 3.05) is 19.8 Å². The number of aliphatic hydroxyl groups excluding tert-OH is 1. The molecular weight excluding hydrogens is 230 g/mol. The minimum absolute atomic E-state index is 0.284. The lowest BCUT2D eigenvalue weighted by Crippen LogP contribution is -2.33. The van der Waals surface area contributed by atoms with E-state index in [0.29, 0.717) is 19.8 Å². The fourth-order valence-corrected chi connectivity index (χ4v) is 2.18. The third kappa shape index (κ3) is 2.22. The molecule has 2 aromatic rings. The number of aromatic nitrogens is 1. The van der Waals surface area contributed by atoms with E-state index in [4.69, 9.17) is 9.47 Å². The summed E-state index contributed by atoms with van der Waals surface area (Å²) in [6, 6.07) is 9.62. The highest BCUT2D eigenvalue weighted by Gasteiger charge is 2.24. The number of aliphatic hydroxyl groups is 1. The van der Waals surface area contributed by atoms with Crippen molar-refractivity contribution in [1.29, 1.82) is 0 Å². The Balaban J connectivity index is 1.88. The molecule has 1 saturated heterocycles. The van der Waals surface area contributed by atoms with Gasteiger partial charge in [0.25, 0.3) is 0 Å². The van der Waals surface area contributed by atoms with Gasteiger partial charge in [-0.05, 0) is 23.8 Å². The van der Waals surface area contributed by atoms with Crippen LogP contribution >= 0.6 is 0 Å². The number of rotatable bonds is 2. The van der Waals surface area contributed by atoms with Crippen LogP contribution in [0, 0.1) is 0 Å². The molecule has 1 fully saturated rings. The highest BCUT2D eigenvalue weighted by atomic mass is 16.6. The van der Waals surface area contributed by atoms with Crippen LogP contribution in [0.2, 0.25) is 0 Å². The molecule has 18 heavy (non-hydrogen) atoms. The van der Waals surface area contributed by atoms with Crippen molar-refractivity contribution in [3.8, 4) is 0 Å². The summed E-state index contributed by atoms with van der Waals surface area (Å²) >= 11 is 0. The molecular formula is C14H15NO3. The van der Waals surface area contributed by atoms with Crippen LogP contribution in [-0.4, -0.2) is 36.0 Å². The molecule has 2 heterocycles. The fourth-order valence-electron chi connectivity index (χ4n) is 2.18. The van der Waals surface area contributed by atoms with E-state index in [1.165, 1.54) is 0 Å². The van der Waals surface area contributed by atoms with Crippen LogP contribution in [0.3, 0.4) is 0 Å². The van der Waals surface area contributed by atoms with Gasteiger partial charge in [-0.3, -0.25) is 4.98 Å². The molecule has 0 spiro atoms. The molecule has 0 bridgehead atoms. The van der Waals surface area contributed by atoms with E-state index in [-0.39, 0.29) is 6.10 Å². The summed E-state index contributed by atoms with van der Waals surface area (Å²) in [5.41, 5.74) is 1.76. The Morgan fingerprint density at radius 3 is 3.06 bits per heavy atom. The van der Waals surface area contributed by atoms with E-state index < -0.39 is 6.10 Å². The molecule has 0 saturated carbocycles. The van der Waals surface area contributed by atoms with Gasteiger partial charge in [-0.15, -0.1) is 0 Å². The van der Waals surface area contributed by atoms with Gasteiger partial charge in [0.05, 0.1) is 25.3 Å². The van der Waals surface area contributed by atoms with Crippen LogP contribution in [0.5, 0.6) is 0 Å². The Hall–Kier alpha value is -1.49. The molecule has 0 radical (unpaired) electrons. The first kappa shape index (κ1) is 11.6. The third-order valence-electron chi connectivity index (χ3n) is 3.16. The standard InChI is InChI=1S/C14H15NO3/c16-14(13-9-17-6-7-18-13)11-3-4-12-10(8-11)2-1-5-15-12/h1-5,8,13-14,16H,6-7,9H2. The van der Waals surface area contributed by atoms with E-state index >= 15 is 0 Å². The number of nitrogens with zero attached hydrogens (tertiary/aromatic N) is 1. The first-order chi connectivity index (χ1) is 8.84. The monoisotopic (exact) mass is 245 g/mol. The van der Waals surface area contributed by atoms with Crippen molar-refractivity contribution in [3.05, 3.63) is 42.1 Å². The average molecular weight is 245 g/mol. The Kier molecular flexibility index (Phi) is 3.23. The zero-order valence-corrected chi connectivity index (χ0v) is 9.95. The van der Waals surface area contributed by atoms with Gasteiger partial charge in [-0.2, -0.15) is 0 Å². The number of fused-ring (bicyclic) bond motifs is 1. The molecule has 1 aliphatic rings. The van der Waals surface area contributed by atoms with Crippen molar-refractivity contribution in [2.45, 2.75) is 12.2 Å². The second kappa shape index (κ2) is 5.02. The SMILES string of the molecule is OC(c1ccc2ncccc2c1)C1COCCO1. The maximum absolute atomic E-state index is 10.3.